The number of phenols is 1. The summed E-state index contributed by atoms with van der Waals surface area (Å²) in [6.07, 6.45) is 0.0943. The van der Waals surface area contributed by atoms with Gasteiger partial charge in [0, 0.05) is 25.7 Å². The summed E-state index contributed by atoms with van der Waals surface area (Å²) in [5.41, 5.74) is 3.20. The van der Waals surface area contributed by atoms with Crippen LogP contribution >= 0.6 is 0 Å². The molecule has 11 heteroatoms. The van der Waals surface area contributed by atoms with E-state index in [1.807, 2.05) is 0 Å². The predicted octanol–water partition coefficient (Wildman–Crippen LogP) is -0.864. The molecule has 1 aromatic carbocycles. The predicted molar refractivity (Wildman–Crippen MR) is 126 cm³/mol. The van der Waals surface area contributed by atoms with E-state index in [0.29, 0.717) is 11.3 Å². The summed E-state index contributed by atoms with van der Waals surface area (Å²) in [7, 11) is 6.48. The van der Waals surface area contributed by atoms with Crippen molar-refractivity contribution in [2.24, 2.45) is 29.4 Å². The van der Waals surface area contributed by atoms with Gasteiger partial charge < -0.3 is 20.8 Å². The summed E-state index contributed by atoms with van der Waals surface area (Å²) in [6.45, 7) is 1.24. The molecule has 4 N–H and O–H groups in total. The van der Waals surface area contributed by atoms with E-state index in [1.54, 1.807) is 19.0 Å². The van der Waals surface area contributed by atoms with Crippen LogP contribution in [0.3, 0.4) is 0 Å². The first-order valence-corrected chi connectivity index (χ1v) is 11.6. The molecule has 11 nitrogen and oxygen atoms in total. The average Bonchev–Trinajstić information content (AvgIpc) is 2.75. The van der Waals surface area contributed by atoms with E-state index in [1.165, 1.54) is 32.0 Å². The fraction of sp³-hybridized carbons (Fsp3) is 0.520. The Morgan fingerprint density at radius 3 is 2.19 bits per heavy atom. The van der Waals surface area contributed by atoms with Gasteiger partial charge in [0.05, 0.1) is 23.1 Å². The van der Waals surface area contributed by atoms with Crippen molar-refractivity contribution in [3.05, 3.63) is 22.8 Å². The lowest BCUT2D eigenvalue weighted by molar-refractivity contribution is -0.181. The number of phenolic OH excluding ortho intramolecular Hbond substituents is 1. The third-order valence-electron chi connectivity index (χ3n) is 7.90. The van der Waals surface area contributed by atoms with Gasteiger partial charge in [0.25, 0.3) is 0 Å². The maximum atomic E-state index is 13.8. The number of aromatic hydroxyl groups is 1. The van der Waals surface area contributed by atoms with Gasteiger partial charge in [0.2, 0.25) is 5.91 Å². The van der Waals surface area contributed by atoms with Crippen molar-refractivity contribution in [2.75, 3.05) is 33.1 Å². The largest absolute Gasteiger partial charge is 0.506 e. The molecule has 2 fully saturated rings. The van der Waals surface area contributed by atoms with Gasteiger partial charge in [-0.2, -0.15) is 0 Å². The van der Waals surface area contributed by atoms with E-state index in [9.17, 15) is 39.0 Å². The second-order valence-corrected chi connectivity index (χ2v) is 10.4. The van der Waals surface area contributed by atoms with Crippen molar-refractivity contribution >= 4 is 40.5 Å². The fourth-order valence-corrected chi connectivity index (χ4v) is 6.32. The smallest absolute Gasteiger partial charge is 0.235 e. The number of anilines is 1. The third-order valence-corrected chi connectivity index (χ3v) is 7.90. The van der Waals surface area contributed by atoms with Crippen LogP contribution in [-0.4, -0.2) is 89.8 Å². The van der Waals surface area contributed by atoms with Gasteiger partial charge in [-0.1, -0.05) is 0 Å². The van der Waals surface area contributed by atoms with Crippen LogP contribution in [0.5, 0.6) is 5.75 Å². The lowest BCUT2D eigenvalue weighted by atomic mass is 9.52. The van der Waals surface area contributed by atoms with Crippen LogP contribution in [0.4, 0.5) is 5.69 Å². The normalized spacial score (nSPS) is 31.6. The number of nitrogens with zero attached hydrogens (tertiary/aromatic N) is 2. The van der Waals surface area contributed by atoms with Crippen molar-refractivity contribution in [1.82, 2.24) is 4.90 Å². The SMILES string of the molecule is CC(=O)c1cc(N(C)C)c2c(c1O)C(=O)C1C(=O)[C@]3(O)C(=O)C(C(N)=O)C(=O)[C@@H](N(C)C)[C@@H]3C[C@@H]1C2. The first kappa shape index (κ1) is 25.6. The van der Waals surface area contributed by atoms with Gasteiger partial charge in [0.1, 0.15) is 5.75 Å². The first-order chi connectivity index (χ1) is 16.7. The number of fused-ring (bicyclic) bond motifs is 3. The molecule has 0 aliphatic heterocycles. The topological polar surface area (TPSA) is 175 Å². The van der Waals surface area contributed by atoms with Crippen LogP contribution in [0.1, 0.15) is 39.6 Å². The highest BCUT2D eigenvalue weighted by Crippen LogP contribution is 2.52. The van der Waals surface area contributed by atoms with E-state index >= 15 is 0 Å². The summed E-state index contributed by atoms with van der Waals surface area (Å²) >= 11 is 0. The number of primary amides is 1. The van der Waals surface area contributed by atoms with Crippen molar-refractivity contribution in [3.63, 3.8) is 0 Å². The lowest BCUT2D eigenvalue weighted by Crippen LogP contribution is -2.74. The summed E-state index contributed by atoms with van der Waals surface area (Å²) in [5, 5.41) is 22.4. The highest BCUT2D eigenvalue weighted by atomic mass is 16.3. The molecule has 6 atom stereocenters. The summed E-state index contributed by atoms with van der Waals surface area (Å²) in [5.74, 6) is -11.8. The Bertz CT molecular complexity index is 1250. The zero-order valence-corrected chi connectivity index (χ0v) is 20.7. The zero-order valence-electron chi connectivity index (χ0n) is 20.7. The van der Waals surface area contributed by atoms with Crippen LogP contribution in [-0.2, 0) is 25.6 Å². The third kappa shape index (κ3) is 3.26. The molecule has 192 valence electrons. The molecule has 0 heterocycles. The maximum absolute atomic E-state index is 13.8. The number of likely N-dealkylation sites (N-methyl/N-ethyl adjacent to an activating group) is 1. The van der Waals surface area contributed by atoms with E-state index in [2.05, 4.69) is 0 Å². The monoisotopic (exact) mass is 499 g/mol. The molecule has 0 saturated heterocycles. The Labute approximate surface area is 207 Å². The van der Waals surface area contributed by atoms with Gasteiger partial charge in [-0.05, 0) is 51.4 Å². The lowest BCUT2D eigenvalue weighted by Gasteiger charge is -2.52. The number of carbonyl (C=O) groups is 6. The van der Waals surface area contributed by atoms with Crippen molar-refractivity contribution in [3.8, 4) is 5.75 Å². The summed E-state index contributed by atoms with van der Waals surface area (Å²) in [4.78, 5) is 81.3. The van der Waals surface area contributed by atoms with Crippen molar-refractivity contribution < 1.29 is 39.0 Å². The van der Waals surface area contributed by atoms with Gasteiger partial charge in [0.15, 0.2) is 40.4 Å². The highest BCUT2D eigenvalue weighted by molar-refractivity contribution is 6.32. The molecule has 3 aliphatic carbocycles. The molecule has 1 aromatic rings. The minimum Gasteiger partial charge on any atom is -0.506 e. The molecule has 0 spiro atoms. The Kier molecular flexibility index (Phi) is 5.92. The number of carbonyl (C=O) groups excluding carboxylic acids is 6. The number of Topliss-reactive ketones (excluding diaryl/α,β-unsaturated/α-hetero) is 5. The molecule has 4 rings (SSSR count). The van der Waals surface area contributed by atoms with Gasteiger partial charge in [-0.3, -0.25) is 33.7 Å². The summed E-state index contributed by atoms with van der Waals surface area (Å²) in [6, 6.07) is 0.326. The number of aliphatic hydroxyl groups is 1. The molecule has 0 bridgehead atoms. The molecular weight excluding hydrogens is 470 g/mol. The molecule has 2 unspecified atom stereocenters. The van der Waals surface area contributed by atoms with Crippen molar-refractivity contribution in [2.45, 2.75) is 31.4 Å². The quantitative estimate of drug-likeness (QED) is 0.349. The Morgan fingerprint density at radius 2 is 1.69 bits per heavy atom. The molecule has 0 radical (unpaired) electrons. The highest BCUT2D eigenvalue weighted by Gasteiger charge is 2.69. The van der Waals surface area contributed by atoms with Crippen LogP contribution < -0.4 is 10.6 Å². The van der Waals surface area contributed by atoms with E-state index < -0.39 is 75.9 Å². The molecular formula is C25H29N3O8. The van der Waals surface area contributed by atoms with Gasteiger partial charge in [-0.15, -0.1) is 0 Å². The number of hydrogen-bond donors (Lipinski definition) is 3. The first-order valence-electron chi connectivity index (χ1n) is 11.6. The van der Waals surface area contributed by atoms with Crippen LogP contribution in [0, 0.1) is 23.7 Å². The second kappa shape index (κ2) is 8.31. The molecule has 3 aliphatic rings. The Morgan fingerprint density at radius 1 is 1.08 bits per heavy atom. The summed E-state index contributed by atoms with van der Waals surface area (Å²) < 4.78 is 0. The standard InChI is InChI=1S/C25H29N3O8/c1-9(29)11-8-14(27(2)3)12-6-10-7-13-18(28(4)5)21(32)17(24(26)35)23(34)25(13,36)22(33)15(10)20(31)16(12)19(11)30/h8,10,13,15,17-18,30,36H,6-7H2,1-5H3,(H2,26,35)/t10-,13-,15?,17?,18-,25-/m0/s1. The van der Waals surface area contributed by atoms with E-state index in [-0.39, 0.29) is 24.0 Å². The number of amides is 1. The zero-order chi connectivity index (χ0) is 27.0. The number of nitrogens with two attached hydrogens (primary N) is 1. The minimum atomic E-state index is -2.78. The minimum absolute atomic E-state index is 0.0357. The molecule has 36 heavy (non-hydrogen) atoms. The van der Waals surface area contributed by atoms with Gasteiger partial charge >= 0.3 is 0 Å². The number of ketones is 5. The van der Waals surface area contributed by atoms with E-state index in [4.69, 9.17) is 5.73 Å². The van der Waals surface area contributed by atoms with Crippen LogP contribution in [0.2, 0.25) is 0 Å². The Hall–Kier alpha value is -3.44. The number of benzene rings is 1. The Balaban J connectivity index is 1.93. The average molecular weight is 500 g/mol. The van der Waals surface area contributed by atoms with E-state index in [0.717, 1.165) is 0 Å². The van der Waals surface area contributed by atoms with Crippen LogP contribution in [0.15, 0.2) is 6.07 Å². The number of hydrogen-bond acceptors (Lipinski definition) is 10. The number of rotatable bonds is 4. The molecule has 2 saturated carbocycles. The second-order valence-electron chi connectivity index (χ2n) is 10.4. The van der Waals surface area contributed by atoms with Gasteiger partial charge in [-0.25, -0.2) is 0 Å². The molecule has 0 aromatic heterocycles. The maximum Gasteiger partial charge on any atom is 0.235 e. The fourth-order valence-electron chi connectivity index (χ4n) is 6.32. The molecule has 1 amide bonds. The van der Waals surface area contributed by atoms with Crippen LogP contribution in [0.25, 0.3) is 0 Å². The van der Waals surface area contributed by atoms with Crippen molar-refractivity contribution in [1.29, 1.82) is 0 Å².